The molecule has 0 aromatic heterocycles. The van der Waals surface area contributed by atoms with E-state index in [0.29, 0.717) is 6.42 Å². The second kappa shape index (κ2) is 9.61. The molecule has 1 N–H and O–H groups in total. The zero-order chi connectivity index (χ0) is 22.6. The number of nitrogens with one attached hydrogen (secondary N) is 1. The quantitative estimate of drug-likeness (QED) is 0.629. The lowest BCUT2D eigenvalue weighted by Gasteiger charge is -2.33. The number of rotatable bonds is 7. The largest absolute Gasteiger partial charge is 0.338 e. The Balaban J connectivity index is 1.53. The summed E-state index contributed by atoms with van der Waals surface area (Å²) in [6.45, 7) is 4.30. The first-order valence-corrected chi connectivity index (χ1v) is 11.8. The van der Waals surface area contributed by atoms with Gasteiger partial charge in [-0.1, -0.05) is 44.2 Å². The highest BCUT2D eigenvalue weighted by Gasteiger charge is 2.40. The van der Waals surface area contributed by atoms with Crippen molar-refractivity contribution in [2.24, 2.45) is 5.92 Å². The van der Waals surface area contributed by atoms with Gasteiger partial charge in [-0.15, -0.1) is 0 Å². The van der Waals surface area contributed by atoms with Crippen molar-refractivity contribution in [2.45, 2.75) is 26.3 Å². The maximum absolute atomic E-state index is 12.6. The van der Waals surface area contributed by atoms with Gasteiger partial charge in [-0.2, -0.15) is 4.31 Å². The number of amides is 4. The van der Waals surface area contributed by atoms with Crippen LogP contribution >= 0.6 is 0 Å². The summed E-state index contributed by atoms with van der Waals surface area (Å²) in [7, 11) is -3.60. The number of sulfonamides is 1. The molecule has 9 nitrogen and oxygen atoms in total. The van der Waals surface area contributed by atoms with E-state index in [1.54, 1.807) is 0 Å². The molecule has 2 aliphatic rings. The minimum Gasteiger partial charge on any atom is -0.338 e. The highest BCUT2D eigenvalue weighted by Crippen LogP contribution is 2.16. The molecule has 0 radical (unpaired) electrons. The second-order valence-corrected chi connectivity index (χ2v) is 9.91. The topological polar surface area (TPSA) is 107 Å². The Labute approximate surface area is 182 Å². The van der Waals surface area contributed by atoms with Gasteiger partial charge in [-0.25, -0.2) is 13.2 Å². The zero-order valence-corrected chi connectivity index (χ0v) is 18.5. The molecule has 0 spiro atoms. The van der Waals surface area contributed by atoms with Crippen molar-refractivity contribution in [3.8, 4) is 0 Å². The van der Waals surface area contributed by atoms with E-state index in [0.717, 1.165) is 10.5 Å². The number of hydrogen-bond acceptors (Lipinski definition) is 5. The molecule has 2 fully saturated rings. The Morgan fingerprint density at radius 1 is 1.13 bits per heavy atom. The first-order chi connectivity index (χ1) is 14.7. The van der Waals surface area contributed by atoms with Crippen molar-refractivity contribution in [2.75, 3.05) is 32.7 Å². The van der Waals surface area contributed by atoms with E-state index < -0.39 is 22.1 Å². The lowest BCUT2D eigenvalue weighted by molar-refractivity contribution is -0.138. The Bertz CT molecular complexity index is 953. The molecule has 2 aliphatic heterocycles. The second-order valence-electron chi connectivity index (χ2n) is 8.09. The number of piperazine rings is 1. The van der Waals surface area contributed by atoms with Gasteiger partial charge >= 0.3 is 6.03 Å². The minimum atomic E-state index is -3.60. The first kappa shape index (κ1) is 23.0. The molecule has 10 heteroatoms. The SMILES string of the molecule is CC(C)CC1NC(=O)N(CC(=O)N2CCN(S(=O)(=O)/C=C/c3ccccc3)CC2)C1=O. The predicted octanol–water partition coefficient (Wildman–Crippen LogP) is 1.10. The summed E-state index contributed by atoms with van der Waals surface area (Å²) in [6.07, 6.45) is 2.06. The van der Waals surface area contributed by atoms with Gasteiger partial charge in [0.05, 0.1) is 0 Å². The number of carbonyl (C=O) groups is 3. The van der Waals surface area contributed by atoms with Gasteiger partial charge in [-0.3, -0.25) is 14.5 Å². The van der Waals surface area contributed by atoms with Crippen molar-refractivity contribution < 1.29 is 22.8 Å². The molecule has 31 heavy (non-hydrogen) atoms. The van der Waals surface area contributed by atoms with Crippen LogP contribution in [0.3, 0.4) is 0 Å². The fraction of sp³-hybridized carbons (Fsp3) is 0.476. The summed E-state index contributed by atoms with van der Waals surface area (Å²) in [4.78, 5) is 39.6. The molecular weight excluding hydrogens is 420 g/mol. The summed E-state index contributed by atoms with van der Waals surface area (Å²) in [5, 5.41) is 3.79. The van der Waals surface area contributed by atoms with Crippen LogP contribution in [0.25, 0.3) is 6.08 Å². The van der Waals surface area contributed by atoms with Crippen LogP contribution < -0.4 is 5.32 Å². The van der Waals surface area contributed by atoms with Crippen LogP contribution in [0.5, 0.6) is 0 Å². The Kier molecular flexibility index (Phi) is 7.11. The van der Waals surface area contributed by atoms with E-state index in [9.17, 15) is 22.8 Å². The van der Waals surface area contributed by atoms with Crippen molar-refractivity contribution in [3.63, 3.8) is 0 Å². The van der Waals surface area contributed by atoms with Gasteiger partial charge in [0, 0.05) is 31.6 Å². The summed E-state index contributed by atoms with van der Waals surface area (Å²) in [6, 6.07) is 7.97. The van der Waals surface area contributed by atoms with Crippen molar-refractivity contribution in [3.05, 3.63) is 41.3 Å². The molecule has 2 heterocycles. The molecule has 1 aromatic carbocycles. The van der Waals surface area contributed by atoms with E-state index in [1.807, 2.05) is 44.2 Å². The summed E-state index contributed by atoms with van der Waals surface area (Å²) in [5.74, 6) is -0.527. The van der Waals surface area contributed by atoms with Crippen LogP contribution in [0.2, 0.25) is 0 Å². The summed E-state index contributed by atoms with van der Waals surface area (Å²) in [5.41, 5.74) is 0.782. The number of imide groups is 1. The molecule has 168 valence electrons. The van der Waals surface area contributed by atoms with Gasteiger partial charge in [0.25, 0.3) is 5.91 Å². The minimum absolute atomic E-state index is 0.156. The van der Waals surface area contributed by atoms with Crippen LogP contribution in [-0.2, 0) is 19.6 Å². The number of carbonyl (C=O) groups excluding carboxylic acids is 3. The maximum atomic E-state index is 12.6. The molecular formula is C21H28N4O5S. The molecule has 0 bridgehead atoms. The van der Waals surface area contributed by atoms with Crippen molar-refractivity contribution in [1.82, 2.24) is 19.4 Å². The van der Waals surface area contributed by atoms with Gasteiger partial charge in [-0.05, 0) is 24.0 Å². The smallest absolute Gasteiger partial charge is 0.325 e. The first-order valence-electron chi connectivity index (χ1n) is 10.3. The predicted molar refractivity (Wildman–Crippen MR) is 116 cm³/mol. The average molecular weight is 449 g/mol. The number of nitrogens with zero attached hydrogens (tertiary/aromatic N) is 3. The normalized spacial score (nSPS) is 20.7. The third-order valence-corrected chi connectivity index (χ3v) is 6.86. The average Bonchev–Trinajstić information content (AvgIpc) is 3.00. The monoisotopic (exact) mass is 448 g/mol. The highest BCUT2D eigenvalue weighted by atomic mass is 32.2. The molecule has 2 saturated heterocycles. The maximum Gasteiger partial charge on any atom is 0.325 e. The van der Waals surface area contributed by atoms with Gasteiger partial charge in [0.15, 0.2) is 0 Å². The van der Waals surface area contributed by atoms with E-state index in [1.165, 1.54) is 20.7 Å². The molecule has 1 aromatic rings. The molecule has 1 unspecified atom stereocenters. The fourth-order valence-electron chi connectivity index (χ4n) is 3.60. The zero-order valence-electron chi connectivity index (χ0n) is 17.7. The van der Waals surface area contributed by atoms with Crippen LogP contribution in [0.15, 0.2) is 35.7 Å². The lowest BCUT2D eigenvalue weighted by Crippen LogP contribution is -2.52. The van der Waals surface area contributed by atoms with Gasteiger partial charge in [0.2, 0.25) is 15.9 Å². The van der Waals surface area contributed by atoms with E-state index in [-0.39, 0.29) is 50.5 Å². The molecule has 4 amide bonds. The number of urea groups is 1. The third-order valence-electron chi connectivity index (χ3n) is 5.29. The number of benzene rings is 1. The fourth-order valence-corrected chi connectivity index (χ4v) is 4.77. The van der Waals surface area contributed by atoms with Crippen molar-refractivity contribution >= 4 is 33.9 Å². The van der Waals surface area contributed by atoms with E-state index >= 15 is 0 Å². The molecule has 0 saturated carbocycles. The third kappa shape index (κ3) is 5.71. The Morgan fingerprint density at radius 2 is 1.77 bits per heavy atom. The van der Waals surface area contributed by atoms with Gasteiger partial charge < -0.3 is 10.2 Å². The van der Waals surface area contributed by atoms with E-state index in [4.69, 9.17) is 0 Å². The molecule has 3 rings (SSSR count). The summed E-state index contributed by atoms with van der Waals surface area (Å²) >= 11 is 0. The highest BCUT2D eigenvalue weighted by molar-refractivity contribution is 7.92. The number of hydrogen-bond donors (Lipinski definition) is 1. The molecule has 1 atom stereocenters. The van der Waals surface area contributed by atoms with Crippen LogP contribution in [0.1, 0.15) is 25.8 Å². The summed E-state index contributed by atoms with van der Waals surface area (Å²) < 4.78 is 26.4. The van der Waals surface area contributed by atoms with Crippen LogP contribution in [0, 0.1) is 5.92 Å². The van der Waals surface area contributed by atoms with Crippen LogP contribution in [-0.4, -0.2) is 79.1 Å². The van der Waals surface area contributed by atoms with E-state index in [2.05, 4.69) is 5.32 Å². The Hall–Kier alpha value is -2.72. The standard InChI is InChI=1S/C21H28N4O5S/c1-16(2)14-18-20(27)25(21(28)22-18)15-19(26)23-9-11-24(12-10-23)31(29,30)13-8-17-6-4-3-5-7-17/h3-8,13,16,18H,9-12,14-15H2,1-2H3,(H,22,28)/b13-8+. The van der Waals surface area contributed by atoms with Crippen LogP contribution in [0.4, 0.5) is 4.79 Å². The lowest BCUT2D eigenvalue weighted by atomic mass is 10.0. The van der Waals surface area contributed by atoms with Crippen molar-refractivity contribution in [1.29, 1.82) is 0 Å². The molecule has 0 aliphatic carbocycles. The van der Waals surface area contributed by atoms with Gasteiger partial charge in [0.1, 0.15) is 12.6 Å². The Morgan fingerprint density at radius 3 is 2.39 bits per heavy atom.